The minimum Gasteiger partial charge on any atom is -0.477 e. The molecular weight excluding hydrogens is 262 g/mol. The van der Waals surface area contributed by atoms with Gasteiger partial charge in [-0.1, -0.05) is 6.92 Å². The van der Waals surface area contributed by atoms with E-state index in [1.807, 2.05) is 6.92 Å². The van der Waals surface area contributed by atoms with Crippen LogP contribution in [0, 0.1) is 12.8 Å². The number of rotatable bonds is 2. The lowest BCUT2D eigenvalue weighted by Gasteiger charge is -2.34. The topological polar surface area (TPSA) is 106 Å². The van der Waals surface area contributed by atoms with Gasteiger partial charge in [-0.05, 0) is 25.3 Å². The molecule has 2 rings (SSSR count). The van der Waals surface area contributed by atoms with Crippen molar-refractivity contribution in [3.63, 3.8) is 0 Å². The van der Waals surface area contributed by atoms with Gasteiger partial charge in [-0.25, -0.2) is 9.59 Å². The molecule has 7 nitrogen and oxygen atoms in total. The van der Waals surface area contributed by atoms with Gasteiger partial charge >= 0.3 is 12.0 Å². The van der Waals surface area contributed by atoms with Gasteiger partial charge < -0.3 is 25.4 Å². The predicted molar refractivity (Wildman–Crippen MR) is 72.9 cm³/mol. The summed E-state index contributed by atoms with van der Waals surface area (Å²) in [6.07, 6.45) is 0.148. The summed E-state index contributed by atoms with van der Waals surface area (Å²) < 4.78 is 0. The van der Waals surface area contributed by atoms with Crippen LogP contribution in [0.4, 0.5) is 10.5 Å². The number of hydrogen-bond donors (Lipinski definition) is 4. The molecule has 0 bridgehead atoms. The van der Waals surface area contributed by atoms with E-state index >= 15 is 0 Å². The molecule has 1 aliphatic heterocycles. The number of aromatic nitrogens is 1. The predicted octanol–water partition coefficient (Wildman–Crippen LogP) is 1.26. The third kappa shape index (κ3) is 2.93. The van der Waals surface area contributed by atoms with Crippen LogP contribution in [-0.2, 0) is 0 Å². The van der Waals surface area contributed by atoms with E-state index < -0.39 is 5.97 Å². The number of anilines is 1. The zero-order chi connectivity index (χ0) is 14.9. The summed E-state index contributed by atoms with van der Waals surface area (Å²) in [5.74, 6) is -1.10. The SMILES string of the molecule is Cc1cc(NC(=O)N2CCC(O)C(C)C2)c(C(=O)O)[nH]1. The van der Waals surface area contributed by atoms with Crippen molar-refractivity contribution in [2.24, 2.45) is 5.92 Å². The number of urea groups is 1. The molecule has 2 unspecified atom stereocenters. The lowest BCUT2D eigenvalue weighted by Crippen LogP contribution is -2.46. The van der Waals surface area contributed by atoms with Crippen molar-refractivity contribution in [3.05, 3.63) is 17.5 Å². The van der Waals surface area contributed by atoms with Crippen LogP contribution in [0.1, 0.15) is 29.5 Å². The van der Waals surface area contributed by atoms with Gasteiger partial charge in [0.05, 0.1) is 11.8 Å². The van der Waals surface area contributed by atoms with Gasteiger partial charge in [0.15, 0.2) is 0 Å². The zero-order valence-electron chi connectivity index (χ0n) is 11.5. The maximum absolute atomic E-state index is 12.1. The van der Waals surface area contributed by atoms with E-state index in [0.29, 0.717) is 25.2 Å². The van der Waals surface area contributed by atoms with Gasteiger partial charge in [-0.15, -0.1) is 0 Å². The van der Waals surface area contributed by atoms with E-state index in [2.05, 4.69) is 10.3 Å². The average Bonchev–Trinajstić information content (AvgIpc) is 2.73. The van der Waals surface area contributed by atoms with Crippen molar-refractivity contribution in [2.45, 2.75) is 26.4 Å². The Kier molecular flexibility index (Phi) is 3.99. The van der Waals surface area contributed by atoms with Gasteiger partial charge in [0.2, 0.25) is 0 Å². The number of carbonyl (C=O) groups is 2. The number of nitrogens with one attached hydrogen (secondary N) is 2. The highest BCUT2D eigenvalue weighted by Gasteiger charge is 2.28. The number of carboxylic acid groups (broad SMARTS) is 1. The van der Waals surface area contributed by atoms with Crippen molar-refractivity contribution in [1.82, 2.24) is 9.88 Å². The molecule has 2 heterocycles. The fourth-order valence-electron chi connectivity index (χ4n) is 2.37. The van der Waals surface area contributed by atoms with Gasteiger partial charge in [0, 0.05) is 18.8 Å². The fraction of sp³-hybridized carbons (Fsp3) is 0.538. The molecule has 110 valence electrons. The van der Waals surface area contributed by atoms with Crippen LogP contribution < -0.4 is 5.32 Å². The number of aryl methyl sites for hydroxylation is 1. The van der Waals surface area contributed by atoms with Crippen LogP contribution in [0.3, 0.4) is 0 Å². The molecule has 1 saturated heterocycles. The fourth-order valence-corrected chi connectivity index (χ4v) is 2.37. The van der Waals surface area contributed by atoms with E-state index in [1.54, 1.807) is 17.9 Å². The first kappa shape index (κ1) is 14.4. The summed E-state index contributed by atoms with van der Waals surface area (Å²) in [6.45, 7) is 4.52. The van der Waals surface area contributed by atoms with E-state index in [1.165, 1.54) is 0 Å². The Morgan fingerprint density at radius 2 is 2.20 bits per heavy atom. The molecule has 1 aliphatic rings. The number of likely N-dealkylation sites (tertiary alicyclic amines) is 1. The Hall–Kier alpha value is -2.02. The van der Waals surface area contributed by atoms with Gasteiger partial charge in [-0.3, -0.25) is 0 Å². The molecular formula is C13H19N3O4. The molecule has 2 atom stereocenters. The number of amides is 2. The Morgan fingerprint density at radius 3 is 2.80 bits per heavy atom. The second-order valence-corrected chi connectivity index (χ2v) is 5.26. The molecule has 20 heavy (non-hydrogen) atoms. The van der Waals surface area contributed by atoms with Crippen LogP contribution in [0.5, 0.6) is 0 Å². The first-order valence-electron chi connectivity index (χ1n) is 6.55. The zero-order valence-corrected chi connectivity index (χ0v) is 11.5. The second-order valence-electron chi connectivity index (χ2n) is 5.26. The van der Waals surface area contributed by atoms with Gasteiger partial charge in [-0.2, -0.15) is 0 Å². The summed E-state index contributed by atoms with van der Waals surface area (Å²) in [7, 11) is 0. The minimum absolute atomic E-state index is 0.0152. The monoisotopic (exact) mass is 281 g/mol. The van der Waals surface area contributed by atoms with Crippen LogP contribution in [-0.4, -0.2) is 51.3 Å². The Morgan fingerprint density at radius 1 is 1.50 bits per heavy atom. The van der Waals surface area contributed by atoms with Crippen LogP contribution >= 0.6 is 0 Å². The highest BCUT2D eigenvalue weighted by molar-refractivity contribution is 5.99. The summed E-state index contributed by atoms with van der Waals surface area (Å²) in [5.41, 5.74) is 0.903. The lowest BCUT2D eigenvalue weighted by molar-refractivity contribution is 0.0506. The Balaban J connectivity index is 2.07. The van der Waals surface area contributed by atoms with E-state index in [9.17, 15) is 14.7 Å². The number of aliphatic hydroxyl groups is 1. The minimum atomic E-state index is -1.11. The highest BCUT2D eigenvalue weighted by Crippen LogP contribution is 2.20. The third-order valence-electron chi connectivity index (χ3n) is 3.56. The number of H-pyrrole nitrogens is 1. The van der Waals surface area contributed by atoms with E-state index in [0.717, 1.165) is 0 Å². The number of nitrogens with zero attached hydrogens (tertiary/aromatic N) is 1. The Labute approximate surface area is 116 Å². The highest BCUT2D eigenvalue weighted by atomic mass is 16.4. The van der Waals surface area contributed by atoms with Gasteiger partial charge in [0.25, 0.3) is 0 Å². The Bertz CT molecular complexity index is 526. The molecule has 1 aromatic heterocycles. The van der Waals surface area contributed by atoms with Gasteiger partial charge in [0.1, 0.15) is 5.69 Å². The number of carbonyl (C=O) groups excluding carboxylic acids is 1. The summed E-state index contributed by atoms with van der Waals surface area (Å²) >= 11 is 0. The first-order chi connectivity index (χ1) is 9.38. The summed E-state index contributed by atoms with van der Waals surface area (Å²) in [6, 6.07) is 1.24. The molecule has 0 radical (unpaired) electrons. The molecule has 0 spiro atoms. The standard InChI is InChI=1S/C13H19N3O4/c1-7-6-16(4-3-10(7)17)13(20)15-9-5-8(2)14-11(9)12(18)19/h5,7,10,14,17H,3-4,6H2,1-2H3,(H,15,20)(H,18,19). The number of carboxylic acids is 1. The van der Waals surface area contributed by atoms with Crippen molar-refractivity contribution < 1.29 is 19.8 Å². The van der Waals surface area contributed by atoms with Crippen molar-refractivity contribution >= 4 is 17.7 Å². The quantitative estimate of drug-likeness (QED) is 0.654. The molecule has 4 N–H and O–H groups in total. The van der Waals surface area contributed by atoms with Crippen LogP contribution in [0.2, 0.25) is 0 Å². The molecule has 1 aromatic rings. The normalized spacial score (nSPS) is 22.6. The summed E-state index contributed by atoms with van der Waals surface area (Å²) in [4.78, 5) is 27.5. The van der Waals surface area contributed by atoms with Crippen molar-refractivity contribution in [1.29, 1.82) is 0 Å². The molecule has 0 saturated carbocycles. The second kappa shape index (κ2) is 5.54. The maximum Gasteiger partial charge on any atom is 0.354 e. The summed E-state index contributed by atoms with van der Waals surface area (Å²) in [5, 5.41) is 21.3. The van der Waals surface area contributed by atoms with Crippen LogP contribution in [0.15, 0.2) is 6.07 Å². The lowest BCUT2D eigenvalue weighted by atomic mass is 9.97. The number of aliphatic hydroxyl groups excluding tert-OH is 1. The number of aromatic carboxylic acids is 1. The average molecular weight is 281 g/mol. The molecule has 2 amide bonds. The van der Waals surface area contributed by atoms with Crippen molar-refractivity contribution in [2.75, 3.05) is 18.4 Å². The van der Waals surface area contributed by atoms with Crippen LogP contribution in [0.25, 0.3) is 0 Å². The first-order valence-corrected chi connectivity index (χ1v) is 6.55. The number of piperidine rings is 1. The molecule has 0 aromatic carbocycles. The number of hydrogen-bond acceptors (Lipinski definition) is 3. The smallest absolute Gasteiger partial charge is 0.354 e. The number of aromatic amines is 1. The third-order valence-corrected chi connectivity index (χ3v) is 3.56. The molecule has 7 heteroatoms. The van der Waals surface area contributed by atoms with E-state index in [4.69, 9.17) is 5.11 Å². The maximum atomic E-state index is 12.1. The van der Waals surface area contributed by atoms with E-state index in [-0.39, 0.29) is 29.4 Å². The molecule has 1 fully saturated rings. The van der Waals surface area contributed by atoms with Crippen molar-refractivity contribution in [3.8, 4) is 0 Å². The molecule has 0 aliphatic carbocycles. The largest absolute Gasteiger partial charge is 0.477 e.